The minimum absolute atomic E-state index is 0. The number of nitrogens with one attached hydrogen (secondary N) is 2. The van der Waals surface area contributed by atoms with Gasteiger partial charge in [-0.25, -0.2) is 4.79 Å². The summed E-state index contributed by atoms with van der Waals surface area (Å²) in [6.07, 6.45) is 4.00. The van der Waals surface area contributed by atoms with Gasteiger partial charge in [-0.2, -0.15) is 0 Å². The molecule has 0 aliphatic heterocycles. The van der Waals surface area contributed by atoms with Gasteiger partial charge in [0.15, 0.2) is 0 Å². The molecule has 7 nitrogen and oxygen atoms in total. The zero-order valence-corrected chi connectivity index (χ0v) is 14.0. The minimum Gasteiger partial charge on any atom is -0.444 e. The van der Waals surface area contributed by atoms with Crippen LogP contribution in [0, 0.1) is 5.92 Å². The van der Waals surface area contributed by atoms with Gasteiger partial charge in [-0.1, -0.05) is 6.08 Å². The Hall–Kier alpha value is -1.25. The molecule has 0 spiro atoms. The largest absolute Gasteiger partial charge is 0.444 e. The first-order valence-electron chi connectivity index (χ1n) is 6.86. The van der Waals surface area contributed by atoms with E-state index in [0.717, 1.165) is 12.8 Å². The van der Waals surface area contributed by atoms with Gasteiger partial charge in [0.25, 0.3) is 5.91 Å². The van der Waals surface area contributed by atoms with Crippen molar-refractivity contribution in [1.82, 2.24) is 10.0 Å². The third-order valence-electron chi connectivity index (χ3n) is 3.27. The standard InChI is InChI=1S/C14H22N2O3S.2H2O.2H2/c1-5-9-8-14(9,11(17)16-20-10-6-7-10)15-12(18)19-13(2,3)4;;;;/h5,9-10H,1,6-8H2,2-4H3,(H,15,18)(H,16,17);2*1H2;2*1H/t9?,14-;;;;/m1..../s1. The topological polar surface area (TPSA) is 130 Å². The molecule has 2 rings (SSSR count). The van der Waals surface area contributed by atoms with Crippen LogP contribution in [-0.2, 0) is 9.53 Å². The second-order valence-corrected chi connectivity index (χ2v) is 7.50. The van der Waals surface area contributed by atoms with Gasteiger partial charge in [0.1, 0.15) is 11.1 Å². The van der Waals surface area contributed by atoms with Gasteiger partial charge in [-0.05, 0) is 52.0 Å². The van der Waals surface area contributed by atoms with Crippen LogP contribution in [0.25, 0.3) is 0 Å². The lowest BCUT2D eigenvalue weighted by Gasteiger charge is -2.23. The molecule has 0 aromatic rings. The fourth-order valence-electron chi connectivity index (χ4n) is 1.93. The van der Waals surface area contributed by atoms with Crippen molar-refractivity contribution in [1.29, 1.82) is 0 Å². The van der Waals surface area contributed by atoms with Gasteiger partial charge in [0.05, 0.1) is 0 Å². The maximum absolute atomic E-state index is 12.3. The molecule has 0 heterocycles. The van der Waals surface area contributed by atoms with E-state index in [1.807, 2.05) is 0 Å². The van der Waals surface area contributed by atoms with Crippen molar-refractivity contribution in [2.75, 3.05) is 0 Å². The van der Waals surface area contributed by atoms with E-state index in [9.17, 15) is 9.59 Å². The second kappa shape index (κ2) is 7.34. The number of hydrogen-bond acceptors (Lipinski definition) is 4. The molecule has 2 amide bonds. The van der Waals surface area contributed by atoms with E-state index >= 15 is 0 Å². The van der Waals surface area contributed by atoms with Crippen LogP contribution in [0.1, 0.15) is 42.9 Å². The third-order valence-corrected chi connectivity index (χ3v) is 4.38. The predicted molar refractivity (Wildman–Crippen MR) is 90.6 cm³/mol. The third kappa shape index (κ3) is 5.19. The van der Waals surface area contributed by atoms with Gasteiger partial charge < -0.3 is 21.0 Å². The molecule has 132 valence electrons. The van der Waals surface area contributed by atoms with Gasteiger partial charge in [0, 0.05) is 14.0 Å². The molecule has 0 saturated heterocycles. The van der Waals surface area contributed by atoms with Crippen molar-refractivity contribution in [3.8, 4) is 0 Å². The van der Waals surface area contributed by atoms with Crippen molar-refractivity contribution in [2.45, 2.75) is 56.4 Å². The van der Waals surface area contributed by atoms with E-state index in [4.69, 9.17) is 4.74 Å². The normalized spacial score (nSPS) is 25.9. The Bertz CT molecular complexity index is 443. The highest BCUT2D eigenvalue weighted by molar-refractivity contribution is 7.98. The van der Waals surface area contributed by atoms with Crippen LogP contribution in [-0.4, -0.2) is 39.3 Å². The summed E-state index contributed by atoms with van der Waals surface area (Å²) in [5, 5.41) is 3.24. The summed E-state index contributed by atoms with van der Waals surface area (Å²) in [7, 11) is 0. The van der Waals surface area contributed by atoms with Crippen molar-refractivity contribution in [3.05, 3.63) is 12.7 Å². The van der Waals surface area contributed by atoms with Gasteiger partial charge in [0.2, 0.25) is 0 Å². The Morgan fingerprint density at radius 2 is 1.95 bits per heavy atom. The predicted octanol–water partition coefficient (Wildman–Crippen LogP) is 1.23. The molecule has 2 saturated carbocycles. The summed E-state index contributed by atoms with van der Waals surface area (Å²) in [4.78, 5) is 24.2. The van der Waals surface area contributed by atoms with E-state index in [2.05, 4.69) is 16.6 Å². The molecule has 8 heteroatoms. The Morgan fingerprint density at radius 3 is 2.36 bits per heavy atom. The molecule has 1 unspecified atom stereocenters. The number of amides is 2. The highest BCUT2D eigenvalue weighted by atomic mass is 32.2. The fraction of sp³-hybridized carbons (Fsp3) is 0.714. The smallest absolute Gasteiger partial charge is 0.408 e. The Kier molecular flexibility index (Phi) is 6.93. The van der Waals surface area contributed by atoms with Crippen LogP contribution in [0.3, 0.4) is 0 Å². The van der Waals surface area contributed by atoms with Gasteiger partial charge >= 0.3 is 6.09 Å². The summed E-state index contributed by atoms with van der Waals surface area (Å²) in [6.45, 7) is 9.09. The molecule has 0 aromatic carbocycles. The Balaban J connectivity index is -0.00000110. The monoisotopic (exact) mass is 338 g/mol. The highest BCUT2D eigenvalue weighted by Gasteiger charge is 2.60. The average Bonchev–Trinajstić information content (AvgIpc) is 3.19. The molecular formula is C14H30N2O5S. The molecule has 0 aromatic heterocycles. The van der Waals surface area contributed by atoms with Crippen LogP contribution in [0.2, 0.25) is 0 Å². The molecular weight excluding hydrogens is 308 g/mol. The Morgan fingerprint density at radius 1 is 1.36 bits per heavy atom. The number of carbonyl (C=O) groups is 2. The molecule has 6 N–H and O–H groups in total. The van der Waals surface area contributed by atoms with Crippen molar-refractivity contribution in [3.63, 3.8) is 0 Å². The highest BCUT2D eigenvalue weighted by Crippen LogP contribution is 2.45. The van der Waals surface area contributed by atoms with Crippen LogP contribution in [0.4, 0.5) is 4.79 Å². The lowest BCUT2D eigenvalue weighted by atomic mass is 10.2. The Labute approximate surface area is 138 Å². The zero-order chi connectivity index (χ0) is 15.0. The van der Waals surface area contributed by atoms with E-state index in [-0.39, 0.29) is 25.6 Å². The number of alkyl carbamates (subject to hydrolysis) is 1. The average molecular weight is 338 g/mol. The van der Waals surface area contributed by atoms with Gasteiger partial charge in [-0.3, -0.25) is 9.52 Å². The van der Waals surface area contributed by atoms with Gasteiger partial charge in [-0.15, -0.1) is 6.58 Å². The number of rotatable bonds is 5. The summed E-state index contributed by atoms with van der Waals surface area (Å²) >= 11 is 1.44. The molecule has 2 aliphatic rings. The zero-order valence-electron chi connectivity index (χ0n) is 13.2. The number of ether oxygens (including phenoxy) is 1. The summed E-state index contributed by atoms with van der Waals surface area (Å²) in [6, 6.07) is 0. The van der Waals surface area contributed by atoms with Crippen molar-refractivity contribution >= 4 is 23.9 Å². The first-order chi connectivity index (χ1) is 9.27. The van der Waals surface area contributed by atoms with E-state index in [1.54, 1.807) is 26.8 Å². The molecule has 2 aliphatic carbocycles. The minimum atomic E-state index is -0.883. The SMILES string of the molecule is C=CC1C[C@]1(NC(=O)OC(C)(C)C)C(=O)NSC1CC1.O.O.[HH].[HH]. The quantitative estimate of drug-likeness (QED) is 0.576. The molecule has 0 bridgehead atoms. The van der Waals surface area contributed by atoms with Crippen LogP contribution in [0.5, 0.6) is 0 Å². The van der Waals surface area contributed by atoms with Crippen LogP contribution < -0.4 is 10.0 Å². The van der Waals surface area contributed by atoms with Crippen molar-refractivity contribution in [2.24, 2.45) is 5.92 Å². The maximum Gasteiger partial charge on any atom is 0.408 e. The molecule has 2 atom stereocenters. The van der Waals surface area contributed by atoms with E-state index in [1.165, 1.54) is 11.9 Å². The lowest BCUT2D eigenvalue weighted by Crippen LogP contribution is -2.50. The van der Waals surface area contributed by atoms with E-state index < -0.39 is 17.2 Å². The first kappa shape index (κ1) is 20.8. The fourth-order valence-corrected chi connectivity index (χ4v) is 2.76. The summed E-state index contributed by atoms with van der Waals surface area (Å²) < 4.78 is 8.06. The number of hydrogen-bond donors (Lipinski definition) is 2. The summed E-state index contributed by atoms with van der Waals surface area (Å²) in [5.41, 5.74) is -1.46. The van der Waals surface area contributed by atoms with Crippen LogP contribution in [0.15, 0.2) is 12.7 Å². The van der Waals surface area contributed by atoms with Crippen LogP contribution >= 0.6 is 11.9 Å². The molecule has 0 radical (unpaired) electrons. The summed E-state index contributed by atoms with van der Waals surface area (Å²) in [5.74, 6) is -0.194. The number of carbonyl (C=O) groups excluding carboxylic acids is 2. The lowest BCUT2D eigenvalue weighted by molar-refractivity contribution is -0.122. The first-order valence-corrected chi connectivity index (χ1v) is 7.74. The molecule has 2 fully saturated rings. The maximum atomic E-state index is 12.3. The second-order valence-electron chi connectivity index (χ2n) is 6.39. The molecule has 22 heavy (non-hydrogen) atoms. The van der Waals surface area contributed by atoms with E-state index in [0.29, 0.717) is 11.7 Å². The van der Waals surface area contributed by atoms with Crippen molar-refractivity contribution < 1.29 is 28.1 Å².